The number of carbonyl (C=O) groups is 2. The molecule has 0 radical (unpaired) electrons. The van der Waals surface area contributed by atoms with Gasteiger partial charge in [0.05, 0.1) is 11.2 Å². The smallest absolute Gasteiger partial charge is 0.246 e. The van der Waals surface area contributed by atoms with Gasteiger partial charge >= 0.3 is 0 Å². The minimum absolute atomic E-state index is 0.102. The average Bonchev–Trinajstić information content (AvgIpc) is 2.20. The van der Waals surface area contributed by atoms with Gasteiger partial charge in [0.25, 0.3) is 0 Å². The normalized spacial score (nSPS) is 22.7. The molecule has 1 saturated heterocycles. The van der Waals surface area contributed by atoms with Crippen molar-refractivity contribution in [2.45, 2.75) is 51.9 Å². The SMILES string of the molecule is CC(=O)NC(CS)C(=O)N1CC(C)(C)OC(C)(C)C1. The molecule has 0 aromatic rings. The van der Waals surface area contributed by atoms with E-state index in [-0.39, 0.29) is 17.6 Å². The highest BCUT2D eigenvalue weighted by atomic mass is 32.1. The van der Waals surface area contributed by atoms with Crippen LogP contribution in [0.2, 0.25) is 0 Å². The van der Waals surface area contributed by atoms with Crippen LogP contribution in [0, 0.1) is 0 Å². The summed E-state index contributed by atoms with van der Waals surface area (Å²) in [7, 11) is 0. The number of carbonyl (C=O) groups excluding carboxylic acids is 2. The highest BCUT2D eigenvalue weighted by Gasteiger charge is 2.41. The van der Waals surface area contributed by atoms with Gasteiger partial charge in [-0.1, -0.05) is 0 Å². The van der Waals surface area contributed by atoms with Crippen molar-refractivity contribution < 1.29 is 14.3 Å². The first-order valence-electron chi connectivity index (χ1n) is 6.43. The number of nitrogens with one attached hydrogen (secondary N) is 1. The van der Waals surface area contributed by atoms with Crippen molar-refractivity contribution in [3.63, 3.8) is 0 Å². The lowest BCUT2D eigenvalue weighted by molar-refractivity contribution is -0.188. The Morgan fingerprint density at radius 1 is 1.26 bits per heavy atom. The predicted molar refractivity (Wildman–Crippen MR) is 77.3 cm³/mol. The molecule has 1 unspecified atom stereocenters. The molecule has 2 amide bonds. The number of hydrogen-bond donors (Lipinski definition) is 2. The van der Waals surface area contributed by atoms with Crippen LogP contribution >= 0.6 is 12.6 Å². The molecule has 0 bridgehead atoms. The van der Waals surface area contributed by atoms with Gasteiger partial charge in [-0.2, -0.15) is 12.6 Å². The van der Waals surface area contributed by atoms with Gasteiger partial charge in [0.15, 0.2) is 0 Å². The summed E-state index contributed by atoms with van der Waals surface area (Å²) in [6.07, 6.45) is 0. The van der Waals surface area contributed by atoms with E-state index in [1.54, 1.807) is 4.90 Å². The van der Waals surface area contributed by atoms with Crippen molar-refractivity contribution >= 4 is 24.4 Å². The summed E-state index contributed by atoms with van der Waals surface area (Å²) in [5, 5.41) is 2.63. The van der Waals surface area contributed by atoms with Gasteiger partial charge in [0, 0.05) is 25.8 Å². The van der Waals surface area contributed by atoms with Crippen LogP contribution in [-0.4, -0.2) is 52.8 Å². The highest BCUT2D eigenvalue weighted by molar-refractivity contribution is 7.80. The zero-order valence-corrected chi connectivity index (χ0v) is 13.2. The Kier molecular flexibility index (Phi) is 4.90. The Hall–Kier alpha value is -0.750. The molecule has 6 heteroatoms. The van der Waals surface area contributed by atoms with Crippen molar-refractivity contribution in [2.24, 2.45) is 0 Å². The van der Waals surface area contributed by atoms with Crippen molar-refractivity contribution in [1.29, 1.82) is 0 Å². The van der Waals surface area contributed by atoms with Crippen LogP contribution in [-0.2, 0) is 14.3 Å². The number of morpholine rings is 1. The lowest BCUT2D eigenvalue weighted by atomic mass is 9.98. The molecule has 0 aromatic heterocycles. The second kappa shape index (κ2) is 5.71. The van der Waals surface area contributed by atoms with Crippen LogP contribution in [0.5, 0.6) is 0 Å². The summed E-state index contributed by atoms with van der Waals surface area (Å²) in [5.74, 6) is -0.0368. The maximum absolute atomic E-state index is 12.4. The van der Waals surface area contributed by atoms with E-state index >= 15 is 0 Å². The molecule has 0 saturated carbocycles. The van der Waals surface area contributed by atoms with Crippen LogP contribution < -0.4 is 5.32 Å². The van der Waals surface area contributed by atoms with E-state index in [0.717, 1.165) is 0 Å². The zero-order valence-electron chi connectivity index (χ0n) is 12.3. The molecule has 1 rings (SSSR count). The van der Waals surface area contributed by atoms with E-state index in [4.69, 9.17) is 4.74 Å². The van der Waals surface area contributed by atoms with E-state index < -0.39 is 17.2 Å². The molecule has 5 nitrogen and oxygen atoms in total. The molecule has 19 heavy (non-hydrogen) atoms. The van der Waals surface area contributed by atoms with Gasteiger partial charge in [-0.15, -0.1) is 0 Å². The maximum Gasteiger partial charge on any atom is 0.246 e. The number of ether oxygens (including phenoxy) is 1. The topological polar surface area (TPSA) is 58.6 Å². The first-order chi connectivity index (χ1) is 8.56. The van der Waals surface area contributed by atoms with Gasteiger partial charge in [0.2, 0.25) is 11.8 Å². The number of rotatable bonds is 3. The second-order valence-corrected chi connectivity index (χ2v) is 6.62. The number of nitrogens with zero attached hydrogens (tertiary/aromatic N) is 1. The third kappa shape index (κ3) is 4.69. The molecule has 0 spiro atoms. The molecule has 1 heterocycles. The quantitative estimate of drug-likeness (QED) is 0.757. The first-order valence-corrected chi connectivity index (χ1v) is 7.06. The lowest BCUT2D eigenvalue weighted by Gasteiger charge is -2.47. The summed E-state index contributed by atoms with van der Waals surface area (Å²) in [4.78, 5) is 25.3. The fraction of sp³-hybridized carbons (Fsp3) is 0.846. The fourth-order valence-electron chi connectivity index (χ4n) is 2.59. The van der Waals surface area contributed by atoms with Gasteiger partial charge < -0.3 is 15.0 Å². The Morgan fingerprint density at radius 3 is 2.11 bits per heavy atom. The van der Waals surface area contributed by atoms with E-state index in [9.17, 15) is 9.59 Å². The van der Waals surface area contributed by atoms with Gasteiger partial charge in [-0.3, -0.25) is 9.59 Å². The van der Waals surface area contributed by atoms with E-state index in [1.807, 2.05) is 27.7 Å². The summed E-state index contributed by atoms with van der Waals surface area (Å²) in [6.45, 7) is 10.3. The molecule has 0 aromatic carbocycles. The summed E-state index contributed by atoms with van der Waals surface area (Å²) in [5.41, 5.74) is -0.788. The van der Waals surface area contributed by atoms with Gasteiger partial charge in [-0.25, -0.2) is 0 Å². The lowest BCUT2D eigenvalue weighted by Crippen LogP contribution is -2.62. The van der Waals surface area contributed by atoms with Crippen LogP contribution in [0.25, 0.3) is 0 Å². The van der Waals surface area contributed by atoms with E-state index in [0.29, 0.717) is 13.1 Å². The summed E-state index contributed by atoms with van der Waals surface area (Å²) >= 11 is 4.14. The fourth-order valence-corrected chi connectivity index (χ4v) is 2.84. The number of hydrogen-bond acceptors (Lipinski definition) is 4. The summed E-state index contributed by atoms with van der Waals surface area (Å²) in [6, 6.07) is -0.578. The Morgan fingerprint density at radius 2 is 1.74 bits per heavy atom. The average molecular weight is 288 g/mol. The van der Waals surface area contributed by atoms with Crippen LogP contribution in [0.1, 0.15) is 34.6 Å². The molecule has 1 aliphatic heterocycles. The van der Waals surface area contributed by atoms with Crippen molar-refractivity contribution in [1.82, 2.24) is 10.2 Å². The third-order valence-electron chi connectivity index (χ3n) is 2.87. The molecule has 1 N–H and O–H groups in total. The van der Waals surface area contributed by atoms with Crippen LogP contribution in [0.4, 0.5) is 0 Å². The van der Waals surface area contributed by atoms with Crippen LogP contribution in [0.3, 0.4) is 0 Å². The Bertz CT molecular complexity index is 353. The number of thiol groups is 1. The largest absolute Gasteiger partial charge is 0.366 e. The Balaban J connectivity index is 2.82. The standard InChI is InChI=1S/C13H24N2O3S/c1-9(16)14-10(6-19)11(17)15-7-12(2,3)18-13(4,5)8-15/h10,19H,6-8H2,1-5H3,(H,14,16). The summed E-state index contributed by atoms with van der Waals surface area (Å²) < 4.78 is 5.94. The molecule has 0 aliphatic carbocycles. The third-order valence-corrected chi connectivity index (χ3v) is 3.23. The first kappa shape index (κ1) is 16.3. The van der Waals surface area contributed by atoms with Crippen molar-refractivity contribution in [2.75, 3.05) is 18.8 Å². The van der Waals surface area contributed by atoms with Gasteiger partial charge in [-0.05, 0) is 27.7 Å². The minimum Gasteiger partial charge on any atom is -0.366 e. The monoisotopic (exact) mass is 288 g/mol. The molecular weight excluding hydrogens is 264 g/mol. The highest BCUT2D eigenvalue weighted by Crippen LogP contribution is 2.28. The number of amides is 2. The predicted octanol–water partition coefficient (Wildman–Crippen LogP) is 0.837. The maximum atomic E-state index is 12.4. The molecule has 110 valence electrons. The molecule has 1 atom stereocenters. The second-order valence-electron chi connectivity index (χ2n) is 6.25. The van der Waals surface area contributed by atoms with E-state index in [1.165, 1.54) is 6.92 Å². The van der Waals surface area contributed by atoms with E-state index in [2.05, 4.69) is 17.9 Å². The van der Waals surface area contributed by atoms with Crippen molar-refractivity contribution in [3.8, 4) is 0 Å². The van der Waals surface area contributed by atoms with Crippen LogP contribution in [0.15, 0.2) is 0 Å². The zero-order chi connectivity index (χ0) is 14.8. The molecule has 1 fully saturated rings. The minimum atomic E-state index is -0.578. The van der Waals surface area contributed by atoms with Gasteiger partial charge in [0.1, 0.15) is 6.04 Å². The Labute approximate surface area is 120 Å². The molecule has 1 aliphatic rings. The molecular formula is C13H24N2O3S. The van der Waals surface area contributed by atoms with Crippen molar-refractivity contribution in [3.05, 3.63) is 0 Å².